The maximum atomic E-state index is 12.9. The van der Waals surface area contributed by atoms with Crippen molar-refractivity contribution in [1.29, 1.82) is 0 Å². The summed E-state index contributed by atoms with van der Waals surface area (Å²) in [5, 5.41) is 7.59. The second-order valence-electron chi connectivity index (χ2n) is 7.30. The second-order valence-corrected chi connectivity index (χ2v) is 7.30. The van der Waals surface area contributed by atoms with E-state index in [4.69, 9.17) is 4.74 Å². The van der Waals surface area contributed by atoms with Gasteiger partial charge in [-0.1, -0.05) is 42.5 Å². The Kier molecular flexibility index (Phi) is 5.38. The van der Waals surface area contributed by atoms with Crippen LogP contribution in [0.25, 0.3) is 16.7 Å². The van der Waals surface area contributed by atoms with Crippen LogP contribution in [0.3, 0.4) is 0 Å². The van der Waals surface area contributed by atoms with Crippen LogP contribution in [0.15, 0.2) is 96.2 Å². The number of aromatic amines is 1. The number of carbonyl (C=O) groups is 1. The molecule has 0 saturated heterocycles. The number of nitrogens with one attached hydrogen (secondary N) is 2. The van der Waals surface area contributed by atoms with Crippen molar-refractivity contribution in [3.8, 4) is 11.4 Å². The van der Waals surface area contributed by atoms with Crippen LogP contribution in [-0.2, 0) is 6.61 Å². The van der Waals surface area contributed by atoms with Crippen molar-refractivity contribution < 1.29 is 9.53 Å². The summed E-state index contributed by atoms with van der Waals surface area (Å²) >= 11 is 0. The second kappa shape index (κ2) is 8.80. The molecule has 5 aromatic rings. The normalized spacial score (nSPS) is 10.8. The van der Waals surface area contributed by atoms with Crippen molar-refractivity contribution in [2.24, 2.45) is 0 Å². The van der Waals surface area contributed by atoms with Gasteiger partial charge >= 0.3 is 0 Å². The summed E-state index contributed by atoms with van der Waals surface area (Å²) in [4.78, 5) is 31.7. The summed E-state index contributed by atoms with van der Waals surface area (Å²) in [7, 11) is 0. The lowest BCUT2D eigenvalue weighted by Gasteiger charge is -2.12. The van der Waals surface area contributed by atoms with Gasteiger partial charge in [0.2, 0.25) is 0 Å². The fourth-order valence-electron chi connectivity index (χ4n) is 3.43. The Bertz CT molecular complexity index is 1470. The highest BCUT2D eigenvalue weighted by atomic mass is 16.5. The Labute approximate surface area is 188 Å². The van der Waals surface area contributed by atoms with Crippen LogP contribution < -0.4 is 15.6 Å². The molecule has 8 heteroatoms. The van der Waals surface area contributed by atoms with E-state index in [1.807, 2.05) is 54.6 Å². The number of H-pyrrole nitrogens is 1. The number of nitrogens with zero attached hydrogens (tertiary/aromatic N) is 3. The Morgan fingerprint density at radius 1 is 0.970 bits per heavy atom. The number of anilines is 1. The van der Waals surface area contributed by atoms with E-state index in [2.05, 4.69) is 20.4 Å². The maximum absolute atomic E-state index is 12.9. The van der Waals surface area contributed by atoms with E-state index in [-0.39, 0.29) is 11.5 Å². The monoisotopic (exact) mass is 437 g/mol. The first kappa shape index (κ1) is 20.2. The van der Waals surface area contributed by atoms with Crippen molar-refractivity contribution in [2.75, 3.05) is 5.32 Å². The zero-order valence-electron chi connectivity index (χ0n) is 17.4. The summed E-state index contributed by atoms with van der Waals surface area (Å²) in [5.41, 5.74) is 2.74. The van der Waals surface area contributed by atoms with Gasteiger partial charge < -0.3 is 15.0 Å². The van der Waals surface area contributed by atoms with Gasteiger partial charge in [-0.05, 0) is 42.0 Å². The molecular weight excluding hydrogens is 418 g/mol. The van der Waals surface area contributed by atoms with Gasteiger partial charge in [0.15, 0.2) is 5.65 Å². The molecule has 1 amide bonds. The Morgan fingerprint density at radius 2 is 1.73 bits per heavy atom. The van der Waals surface area contributed by atoms with Gasteiger partial charge in [0.05, 0.1) is 23.9 Å². The Morgan fingerprint density at radius 3 is 2.55 bits per heavy atom. The first-order valence-corrected chi connectivity index (χ1v) is 10.3. The SMILES string of the molecule is O=C(Nc1ccccc1-n1ncc2c(=O)[nH]cnc21)c1ccc(COc2ccccc2)cc1. The summed E-state index contributed by atoms with van der Waals surface area (Å²) in [6, 6.07) is 24.0. The smallest absolute Gasteiger partial charge is 0.261 e. The minimum Gasteiger partial charge on any atom is -0.489 e. The third-order valence-corrected chi connectivity index (χ3v) is 5.12. The molecule has 2 heterocycles. The predicted molar refractivity (Wildman–Crippen MR) is 125 cm³/mol. The van der Waals surface area contributed by atoms with Gasteiger partial charge in [-0.25, -0.2) is 9.67 Å². The molecule has 0 aliphatic heterocycles. The van der Waals surface area contributed by atoms with E-state index >= 15 is 0 Å². The number of aromatic nitrogens is 4. The largest absolute Gasteiger partial charge is 0.489 e. The molecule has 33 heavy (non-hydrogen) atoms. The van der Waals surface area contributed by atoms with E-state index < -0.39 is 0 Å². The number of hydrogen-bond donors (Lipinski definition) is 2. The zero-order valence-corrected chi connectivity index (χ0v) is 17.4. The number of amides is 1. The number of carbonyl (C=O) groups excluding carboxylic acids is 1. The number of para-hydroxylation sites is 3. The fraction of sp³-hybridized carbons (Fsp3) is 0.0400. The number of hydrogen-bond acceptors (Lipinski definition) is 5. The maximum Gasteiger partial charge on any atom is 0.261 e. The van der Waals surface area contributed by atoms with E-state index in [0.29, 0.717) is 34.6 Å². The van der Waals surface area contributed by atoms with Gasteiger partial charge in [-0.3, -0.25) is 9.59 Å². The lowest BCUT2D eigenvalue weighted by molar-refractivity contribution is 0.102. The molecule has 0 saturated carbocycles. The van der Waals surface area contributed by atoms with Gasteiger partial charge in [0, 0.05) is 5.56 Å². The van der Waals surface area contributed by atoms with Crippen molar-refractivity contribution in [1.82, 2.24) is 19.7 Å². The summed E-state index contributed by atoms with van der Waals surface area (Å²) in [5.74, 6) is 0.527. The van der Waals surface area contributed by atoms with Crippen LogP contribution in [-0.4, -0.2) is 25.7 Å². The van der Waals surface area contributed by atoms with Crippen LogP contribution >= 0.6 is 0 Å². The fourth-order valence-corrected chi connectivity index (χ4v) is 3.43. The van der Waals surface area contributed by atoms with Gasteiger partial charge in [-0.2, -0.15) is 5.10 Å². The number of fused-ring (bicyclic) bond motifs is 1. The van der Waals surface area contributed by atoms with Crippen LogP contribution in [0.2, 0.25) is 0 Å². The molecule has 162 valence electrons. The van der Waals surface area contributed by atoms with Crippen molar-refractivity contribution in [3.63, 3.8) is 0 Å². The van der Waals surface area contributed by atoms with E-state index in [0.717, 1.165) is 11.3 Å². The predicted octanol–water partition coefficient (Wildman–Crippen LogP) is 3.94. The molecule has 3 aromatic carbocycles. The average molecular weight is 437 g/mol. The minimum atomic E-state index is -0.274. The third-order valence-electron chi connectivity index (χ3n) is 5.12. The van der Waals surface area contributed by atoms with Crippen LogP contribution in [0.5, 0.6) is 5.75 Å². The van der Waals surface area contributed by atoms with Gasteiger partial charge in [0.1, 0.15) is 17.7 Å². The number of benzene rings is 3. The lowest BCUT2D eigenvalue weighted by atomic mass is 10.1. The van der Waals surface area contributed by atoms with Crippen molar-refractivity contribution in [2.45, 2.75) is 6.61 Å². The van der Waals surface area contributed by atoms with Crippen molar-refractivity contribution in [3.05, 3.63) is 113 Å². The Hall–Kier alpha value is -4.72. The highest BCUT2D eigenvalue weighted by Crippen LogP contribution is 2.23. The first-order chi connectivity index (χ1) is 16.2. The molecule has 2 N–H and O–H groups in total. The first-order valence-electron chi connectivity index (χ1n) is 10.3. The molecule has 2 aromatic heterocycles. The van der Waals surface area contributed by atoms with Crippen LogP contribution in [0.4, 0.5) is 5.69 Å². The van der Waals surface area contributed by atoms with Crippen LogP contribution in [0.1, 0.15) is 15.9 Å². The van der Waals surface area contributed by atoms with Crippen molar-refractivity contribution >= 4 is 22.6 Å². The van der Waals surface area contributed by atoms with E-state index in [9.17, 15) is 9.59 Å². The number of ether oxygens (including phenoxy) is 1. The molecule has 0 unspecified atom stereocenters. The topological polar surface area (TPSA) is 102 Å². The molecular formula is C25H19N5O3. The molecule has 8 nitrogen and oxygen atoms in total. The van der Waals surface area contributed by atoms with E-state index in [1.165, 1.54) is 17.2 Å². The molecule has 0 fully saturated rings. The zero-order chi connectivity index (χ0) is 22.6. The summed E-state index contributed by atoms with van der Waals surface area (Å²) < 4.78 is 7.28. The molecule has 0 radical (unpaired) electrons. The van der Waals surface area contributed by atoms with Gasteiger partial charge in [-0.15, -0.1) is 0 Å². The average Bonchev–Trinajstić information content (AvgIpc) is 3.29. The number of rotatable bonds is 6. The third kappa shape index (κ3) is 4.22. The summed E-state index contributed by atoms with van der Waals surface area (Å²) in [6.45, 7) is 0.410. The highest BCUT2D eigenvalue weighted by molar-refractivity contribution is 6.05. The molecule has 0 aliphatic rings. The Balaban J connectivity index is 1.34. The quantitative estimate of drug-likeness (QED) is 0.419. The molecule has 0 atom stereocenters. The molecule has 0 aliphatic carbocycles. The summed E-state index contributed by atoms with van der Waals surface area (Å²) in [6.07, 6.45) is 2.78. The molecule has 5 rings (SSSR count). The standard InChI is InChI=1S/C25H19N5O3/c31-24(18-12-10-17(11-13-18)15-33-19-6-2-1-3-7-19)29-21-8-4-5-9-22(21)30-23-20(14-28-30)25(32)27-16-26-23/h1-14,16H,15H2,(H,29,31)(H,26,27,32). The highest BCUT2D eigenvalue weighted by Gasteiger charge is 2.14. The minimum absolute atomic E-state index is 0.264. The molecule has 0 bridgehead atoms. The van der Waals surface area contributed by atoms with E-state index in [1.54, 1.807) is 24.3 Å². The van der Waals surface area contributed by atoms with Crippen LogP contribution in [0, 0.1) is 0 Å². The van der Waals surface area contributed by atoms with Gasteiger partial charge in [0.25, 0.3) is 11.5 Å². The molecule has 0 spiro atoms. The lowest BCUT2D eigenvalue weighted by Crippen LogP contribution is -2.14.